The molecule has 0 radical (unpaired) electrons. The summed E-state index contributed by atoms with van der Waals surface area (Å²) in [5, 5.41) is 14.0. The van der Waals surface area contributed by atoms with E-state index in [0.717, 1.165) is 66.9 Å². The molecule has 11 heteroatoms. The lowest BCUT2D eigenvalue weighted by Gasteiger charge is -2.28. The van der Waals surface area contributed by atoms with Crippen LogP contribution in [0.1, 0.15) is 38.8 Å². The molecule has 2 N–H and O–H groups in total. The number of rotatable bonds is 14. The van der Waals surface area contributed by atoms with Crippen molar-refractivity contribution in [3.05, 3.63) is 46.4 Å². The van der Waals surface area contributed by atoms with Crippen LogP contribution in [0.2, 0.25) is 0 Å². The Morgan fingerprint density at radius 2 is 1.51 bits per heavy atom. The summed E-state index contributed by atoms with van der Waals surface area (Å²) < 4.78 is 29.4. The van der Waals surface area contributed by atoms with Gasteiger partial charge in [-0.2, -0.15) is 4.31 Å². The van der Waals surface area contributed by atoms with E-state index in [1.54, 1.807) is 16.4 Å². The summed E-state index contributed by atoms with van der Waals surface area (Å²) in [6.45, 7) is 15.6. The molecule has 41 heavy (non-hydrogen) atoms. The molecule has 0 aliphatic carbocycles. The highest BCUT2D eigenvalue weighted by atomic mass is 32.2. The van der Waals surface area contributed by atoms with Crippen molar-refractivity contribution < 1.29 is 13.5 Å². The van der Waals surface area contributed by atoms with Crippen LogP contribution < -0.4 is 0 Å². The second kappa shape index (κ2) is 13.4. The molecule has 0 atom stereocenters. The number of aromatic nitrogens is 1. The lowest BCUT2D eigenvalue weighted by molar-refractivity contribution is 0.241. The number of nitrogens with zero attached hydrogens (tertiary/aromatic N) is 5. The van der Waals surface area contributed by atoms with Gasteiger partial charge in [-0.15, -0.1) is 4.91 Å². The van der Waals surface area contributed by atoms with Crippen molar-refractivity contribution in [2.45, 2.75) is 45.6 Å². The van der Waals surface area contributed by atoms with E-state index in [1.165, 1.54) is 0 Å². The first-order valence-corrected chi connectivity index (χ1v) is 16.1. The van der Waals surface area contributed by atoms with Gasteiger partial charge in [-0.05, 0) is 85.3 Å². The molecule has 1 aliphatic rings. The fourth-order valence-corrected chi connectivity index (χ4v) is 7.19. The molecule has 4 rings (SSSR count). The van der Waals surface area contributed by atoms with Crippen molar-refractivity contribution in [2.24, 2.45) is 5.18 Å². The number of sulfonamides is 1. The molecule has 0 saturated heterocycles. The second-order valence-corrected chi connectivity index (χ2v) is 12.6. The predicted octanol–water partition coefficient (Wildman–Crippen LogP) is 4.60. The highest BCUT2D eigenvalue weighted by Crippen LogP contribution is 2.43. The number of hydrogen-bond donors (Lipinski definition) is 2. The maximum Gasteiger partial charge on any atom is 0.243 e. The van der Waals surface area contributed by atoms with Crippen molar-refractivity contribution in [1.82, 2.24) is 24.0 Å². The summed E-state index contributed by atoms with van der Waals surface area (Å²) in [7, 11) is -1.68. The number of likely N-dealkylation sites (N-methyl/N-ethyl adjacent to an activating group) is 3. The van der Waals surface area contributed by atoms with Gasteiger partial charge in [-0.25, -0.2) is 8.42 Å². The molecule has 0 fully saturated rings. The Hall–Kier alpha value is -2.83. The fraction of sp³-hybridized carbons (Fsp3) is 0.533. The first kappa shape index (κ1) is 31.1. The van der Waals surface area contributed by atoms with Gasteiger partial charge in [0.25, 0.3) is 0 Å². The number of aromatic amines is 1. The quantitative estimate of drug-likeness (QED) is 0.266. The highest BCUT2D eigenvalue weighted by molar-refractivity contribution is 7.89. The largest absolute Gasteiger partial charge is 0.493 e. The normalized spacial score (nSPS) is 14.4. The van der Waals surface area contributed by atoms with Crippen molar-refractivity contribution >= 4 is 26.6 Å². The zero-order chi connectivity index (χ0) is 29.7. The molecule has 0 unspecified atom stereocenters. The van der Waals surface area contributed by atoms with Crippen molar-refractivity contribution in [1.29, 1.82) is 0 Å². The third kappa shape index (κ3) is 6.49. The van der Waals surface area contributed by atoms with Gasteiger partial charge < -0.3 is 24.8 Å². The molecule has 10 nitrogen and oxygen atoms in total. The second-order valence-electron chi connectivity index (χ2n) is 10.7. The molecule has 0 bridgehead atoms. The third-order valence-electron chi connectivity index (χ3n) is 8.46. The van der Waals surface area contributed by atoms with E-state index in [9.17, 15) is 18.4 Å². The van der Waals surface area contributed by atoms with E-state index in [2.05, 4.69) is 52.6 Å². The average Bonchev–Trinajstić information content (AvgIpc) is 3.31. The van der Waals surface area contributed by atoms with E-state index in [4.69, 9.17) is 0 Å². The molecular weight excluding hydrogens is 540 g/mol. The van der Waals surface area contributed by atoms with Crippen LogP contribution >= 0.6 is 0 Å². The van der Waals surface area contributed by atoms with Crippen LogP contribution in [-0.4, -0.2) is 103 Å². The maximum atomic E-state index is 13.9. The average molecular weight is 585 g/mol. The van der Waals surface area contributed by atoms with Gasteiger partial charge in [0.05, 0.1) is 10.4 Å². The van der Waals surface area contributed by atoms with Crippen molar-refractivity contribution in [3.8, 4) is 17.0 Å². The summed E-state index contributed by atoms with van der Waals surface area (Å²) in [5.41, 5.74) is 4.65. The summed E-state index contributed by atoms with van der Waals surface area (Å²) in [5.74, 6) is -0.237. The van der Waals surface area contributed by atoms with Gasteiger partial charge in [-0.1, -0.05) is 39.8 Å². The molecule has 224 valence electrons. The number of H-pyrrole nitrogens is 1. The molecule has 1 aromatic heterocycles. The zero-order valence-electron chi connectivity index (χ0n) is 25.0. The summed E-state index contributed by atoms with van der Waals surface area (Å²) >= 11 is 0. The number of aromatic hydroxyl groups is 1. The molecule has 3 aromatic rings. The molecule has 2 aromatic carbocycles. The predicted molar refractivity (Wildman–Crippen MR) is 165 cm³/mol. The van der Waals surface area contributed by atoms with Crippen molar-refractivity contribution in [3.63, 3.8) is 0 Å². The van der Waals surface area contributed by atoms with Gasteiger partial charge in [0, 0.05) is 44.7 Å². The molecular formula is C30H44N6O4S. The van der Waals surface area contributed by atoms with E-state index in [1.807, 2.05) is 25.2 Å². The minimum atomic E-state index is -3.71. The van der Waals surface area contributed by atoms with Gasteiger partial charge >= 0.3 is 0 Å². The van der Waals surface area contributed by atoms with E-state index in [0.29, 0.717) is 38.1 Å². The first-order chi connectivity index (χ1) is 19.7. The summed E-state index contributed by atoms with van der Waals surface area (Å²) in [6, 6.07) is 8.95. The van der Waals surface area contributed by atoms with E-state index < -0.39 is 10.0 Å². The van der Waals surface area contributed by atoms with Gasteiger partial charge in [0.1, 0.15) is 0 Å². The number of nitroso groups, excluding NO2 is 1. The lowest BCUT2D eigenvalue weighted by atomic mass is 9.89. The van der Waals surface area contributed by atoms with Crippen LogP contribution in [-0.2, 0) is 23.0 Å². The Bertz CT molecular complexity index is 1430. The zero-order valence-corrected chi connectivity index (χ0v) is 25.8. The third-order valence-corrected chi connectivity index (χ3v) is 10.4. The van der Waals surface area contributed by atoms with Crippen LogP contribution in [0.4, 0.5) is 5.69 Å². The summed E-state index contributed by atoms with van der Waals surface area (Å²) in [4.78, 5) is 21.4. The number of benzene rings is 2. The number of fused-ring (bicyclic) bond motifs is 3. The lowest BCUT2D eigenvalue weighted by Crippen LogP contribution is -2.42. The Labute approximate surface area is 244 Å². The highest BCUT2D eigenvalue weighted by Gasteiger charge is 2.27. The Kier molecular flexibility index (Phi) is 10.2. The van der Waals surface area contributed by atoms with Gasteiger partial charge in [-0.3, -0.25) is 0 Å². The number of nitrogens with one attached hydrogen (secondary N) is 1. The Morgan fingerprint density at radius 3 is 2.05 bits per heavy atom. The standard InChI is InChI=1S/C30H44N6O4S/c1-6-34(7-2)16-18-36(19-17-35(8-3)9-4)41(39,40)23-12-10-22(11-13-23)25-20-26-28(31-30(37)29(26)32-38)27-21-33(5)15-14-24(25)27/h10-13,20,31,37H,6-9,14-19,21H2,1-5H3. The maximum absolute atomic E-state index is 13.9. The molecule has 0 saturated carbocycles. The van der Waals surface area contributed by atoms with Crippen LogP contribution in [0.15, 0.2) is 40.4 Å². The van der Waals surface area contributed by atoms with Crippen LogP contribution in [0.25, 0.3) is 22.0 Å². The van der Waals surface area contributed by atoms with Gasteiger partial charge in [0.15, 0.2) is 5.69 Å². The monoisotopic (exact) mass is 584 g/mol. The minimum Gasteiger partial charge on any atom is -0.493 e. The molecule has 1 aliphatic heterocycles. The first-order valence-electron chi connectivity index (χ1n) is 14.6. The molecule has 2 heterocycles. The smallest absolute Gasteiger partial charge is 0.243 e. The van der Waals surface area contributed by atoms with Crippen molar-refractivity contribution in [2.75, 3.05) is 66.0 Å². The van der Waals surface area contributed by atoms with Crippen LogP contribution in [0.5, 0.6) is 5.88 Å². The van der Waals surface area contributed by atoms with E-state index in [-0.39, 0.29) is 16.5 Å². The van der Waals surface area contributed by atoms with E-state index >= 15 is 0 Å². The number of hydrogen-bond acceptors (Lipinski definition) is 8. The Morgan fingerprint density at radius 1 is 0.927 bits per heavy atom. The SMILES string of the molecule is CCN(CC)CCN(CCN(CC)CC)S(=O)(=O)c1ccc(-c2cc3c(N=O)c(O)[nH]c3c3c2CCN(C)C3)cc1. The van der Waals surface area contributed by atoms with Crippen LogP contribution in [0.3, 0.4) is 0 Å². The fourth-order valence-electron chi connectivity index (χ4n) is 5.77. The minimum absolute atomic E-state index is 0.00600. The topological polar surface area (TPSA) is 113 Å². The van der Waals surface area contributed by atoms with Crippen LogP contribution in [0, 0.1) is 4.91 Å². The molecule has 0 amide bonds. The molecule has 0 spiro atoms. The summed E-state index contributed by atoms with van der Waals surface area (Å²) in [6.07, 6.45) is 0.797. The Balaban J connectivity index is 1.70. The van der Waals surface area contributed by atoms with Gasteiger partial charge in [0.2, 0.25) is 15.9 Å².